The van der Waals surface area contributed by atoms with Gasteiger partial charge in [0.1, 0.15) is 46.0 Å². The Kier molecular flexibility index (Phi) is 10.3. The van der Waals surface area contributed by atoms with Gasteiger partial charge in [0.25, 0.3) is 0 Å². The highest BCUT2D eigenvalue weighted by Gasteiger charge is 2.04. The lowest BCUT2D eigenvalue weighted by atomic mass is 10.1. The van der Waals surface area contributed by atoms with Crippen LogP contribution in [-0.4, -0.2) is 0 Å². The summed E-state index contributed by atoms with van der Waals surface area (Å²) in [4.78, 5) is 0. The van der Waals surface area contributed by atoms with Crippen molar-refractivity contribution in [1.29, 1.82) is 0 Å². The number of hydrogen-bond acceptors (Lipinski definition) is 4. The van der Waals surface area contributed by atoms with E-state index in [-0.39, 0.29) is 0 Å². The zero-order chi connectivity index (χ0) is 35.5. The first-order chi connectivity index (χ1) is 25.5. The summed E-state index contributed by atoms with van der Waals surface area (Å²) in [5, 5.41) is 0. The zero-order valence-electron chi connectivity index (χ0n) is 28.8. The van der Waals surface area contributed by atoms with Crippen molar-refractivity contribution in [3.05, 3.63) is 203 Å². The summed E-state index contributed by atoms with van der Waals surface area (Å²) in [6.07, 6.45) is 0. The van der Waals surface area contributed by atoms with Crippen LogP contribution in [0.15, 0.2) is 170 Å². The first kappa shape index (κ1) is 33.4. The van der Waals surface area contributed by atoms with Crippen LogP contribution >= 0.6 is 0 Å². The molecule has 0 N–H and O–H groups in total. The van der Waals surface area contributed by atoms with Crippen LogP contribution in [0, 0.1) is 37.5 Å². The molecule has 0 radical (unpaired) electrons. The van der Waals surface area contributed by atoms with Crippen LogP contribution < -0.4 is 18.9 Å². The fraction of sp³-hybridized carbons (Fsp3) is 0.0417. The lowest BCUT2D eigenvalue weighted by Crippen LogP contribution is -1.88. The first-order valence-corrected chi connectivity index (χ1v) is 16.9. The largest absolute Gasteiger partial charge is 0.457 e. The van der Waals surface area contributed by atoms with E-state index in [2.05, 4.69) is 23.7 Å². The van der Waals surface area contributed by atoms with Crippen LogP contribution in [0.25, 0.3) is 0 Å². The van der Waals surface area contributed by atoms with Crippen molar-refractivity contribution in [1.82, 2.24) is 0 Å². The van der Waals surface area contributed by atoms with Gasteiger partial charge in [0.15, 0.2) is 0 Å². The quantitative estimate of drug-likeness (QED) is 0.150. The van der Waals surface area contributed by atoms with E-state index in [1.54, 1.807) is 0 Å². The van der Waals surface area contributed by atoms with Crippen LogP contribution in [0.1, 0.15) is 33.4 Å². The molecule has 0 aliphatic heterocycles. The monoisotopic (exact) mass is 674 g/mol. The van der Waals surface area contributed by atoms with Gasteiger partial charge in [0.05, 0.1) is 0 Å². The molecule has 0 aromatic heterocycles. The Bertz CT molecular complexity index is 2230. The van der Waals surface area contributed by atoms with Crippen molar-refractivity contribution in [3.63, 3.8) is 0 Å². The van der Waals surface area contributed by atoms with Crippen molar-refractivity contribution >= 4 is 0 Å². The second kappa shape index (κ2) is 16.0. The van der Waals surface area contributed by atoms with E-state index in [1.807, 2.05) is 184 Å². The lowest BCUT2D eigenvalue weighted by molar-refractivity contribution is 0.460. The zero-order valence-corrected chi connectivity index (χ0v) is 28.8. The van der Waals surface area contributed by atoms with E-state index in [9.17, 15) is 0 Å². The van der Waals surface area contributed by atoms with Crippen LogP contribution in [0.4, 0.5) is 0 Å². The highest BCUT2D eigenvalue weighted by Crippen LogP contribution is 2.29. The molecular formula is C48H34O4. The molecule has 4 heteroatoms. The molecule has 0 bridgehead atoms. The molecule has 7 aromatic rings. The smallest absolute Gasteiger partial charge is 0.131 e. The molecule has 0 aliphatic rings. The van der Waals surface area contributed by atoms with Gasteiger partial charge in [-0.2, -0.15) is 0 Å². The predicted octanol–water partition coefficient (Wildman–Crippen LogP) is 12.3. The van der Waals surface area contributed by atoms with E-state index in [4.69, 9.17) is 18.9 Å². The summed E-state index contributed by atoms with van der Waals surface area (Å²) in [6.45, 7) is 4.09. The van der Waals surface area contributed by atoms with E-state index in [1.165, 1.54) is 0 Å². The van der Waals surface area contributed by atoms with Crippen molar-refractivity contribution in [2.75, 3.05) is 0 Å². The number of rotatable bonds is 8. The van der Waals surface area contributed by atoms with Crippen molar-refractivity contribution in [2.24, 2.45) is 0 Å². The lowest BCUT2D eigenvalue weighted by Gasteiger charge is -2.09. The van der Waals surface area contributed by atoms with E-state index >= 15 is 0 Å². The van der Waals surface area contributed by atoms with Crippen LogP contribution in [-0.2, 0) is 0 Å². The van der Waals surface area contributed by atoms with Gasteiger partial charge in [0, 0.05) is 28.3 Å². The molecule has 0 fully saturated rings. The molecular weight excluding hydrogens is 641 g/mol. The third-order valence-electron chi connectivity index (χ3n) is 7.85. The molecule has 250 valence electrons. The Morgan fingerprint density at radius 1 is 0.269 bits per heavy atom. The molecule has 52 heavy (non-hydrogen) atoms. The molecule has 0 saturated heterocycles. The highest BCUT2D eigenvalue weighted by atomic mass is 16.5. The topological polar surface area (TPSA) is 36.9 Å². The summed E-state index contributed by atoms with van der Waals surface area (Å²) < 4.78 is 24.1. The fourth-order valence-electron chi connectivity index (χ4n) is 5.22. The molecule has 0 atom stereocenters. The second-order valence-corrected chi connectivity index (χ2v) is 12.1. The molecule has 0 aliphatic carbocycles. The molecule has 0 spiro atoms. The maximum Gasteiger partial charge on any atom is 0.131 e. The molecule has 7 aromatic carbocycles. The maximum absolute atomic E-state index is 6.11. The van der Waals surface area contributed by atoms with Gasteiger partial charge in [-0.25, -0.2) is 0 Å². The minimum absolute atomic E-state index is 0.669. The summed E-state index contributed by atoms with van der Waals surface area (Å²) in [5.41, 5.74) is 5.90. The van der Waals surface area contributed by atoms with Gasteiger partial charge in [-0.3, -0.25) is 0 Å². The Morgan fingerprint density at radius 3 is 0.788 bits per heavy atom. The number of benzene rings is 7. The molecule has 0 heterocycles. The van der Waals surface area contributed by atoms with Crippen molar-refractivity contribution < 1.29 is 18.9 Å². The van der Waals surface area contributed by atoms with Gasteiger partial charge in [0.2, 0.25) is 0 Å². The molecule has 4 nitrogen and oxygen atoms in total. The molecule has 0 saturated carbocycles. The molecule has 7 rings (SSSR count). The van der Waals surface area contributed by atoms with E-state index < -0.39 is 0 Å². The summed E-state index contributed by atoms with van der Waals surface area (Å²) in [6, 6.07) is 54.5. The third-order valence-corrected chi connectivity index (χ3v) is 7.85. The Hall–Kier alpha value is -7.14. The van der Waals surface area contributed by atoms with Gasteiger partial charge >= 0.3 is 0 Å². The van der Waals surface area contributed by atoms with Crippen molar-refractivity contribution in [3.8, 4) is 69.7 Å². The number of aryl methyl sites for hydroxylation is 2. The van der Waals surface area contributed by atoms with Crippen molar-refractivity contribution in [2.45, 2.75) is 13.8 Å². The average Bonchev–Trinajstić information content (AvgIpc) is 3.16. The number of ether oxygens (including phenoxy) is 4. The first-order valence-electron chi connectivity index (χ1n) is 16.9. The molecule has 0 amide bonds. The number of hydrogen-bond donors (Lipinski definition) is 0. The van der Waals surface area contributed by atoms with Gasteiger partial charge in [-0.15, -0.1) is 0 Å². The normalized spacial score (nSPS) is 10.2. The highest BCUT2D eigenvalue weighted by molar-refractivity contribution is 5.49. The van der Waals surface area contributed by atoms with Crippen LogP contribution in [0.2, 0.25) is 0 Å². The van der Waals surface area contributed by atoms with Crippen LogP contribution in [0.3, 0.4) is 0 Å². The minimum atomic E-state index is 0.669. The fourth-order valence-corrected chi connectivity index (χ4v) is 5.22. The average molecular weight is 675 g/mol. The Labute approximate surface area is 304 Å². The summed E-state index contributed by atoms with van der Waals surface area (Å²) in [7, 11) is 0. The Morgan fingerprint density at radius 2 is 0.519 bits per heavy atom. The SMILES string of the molecule is Cc1cccc(Oc2ccc(C#Cc3ccc(Oc4cccc(Oc5ccc(C#Cc6ccc(Oc7cccc(C)c7)cc6)cc5)c4)cc3)cc2)c1. The van der Waals surface area contributed by atoms with E-state index in [0.29, 0.717) is 23.0 Å². The predicted molar refractivity (Wildman–Crippen MR) is 207 cm³/mol. The van der Waals surface area contributed by atoms with Gasteiger partial charge in [-0.1, -0.05) is 54.0 Å². The Balaban J connectivity index is 0.907. The minimum Gasteiger partial charge on any atom is -0.457 e. The van der Waals surface area contributed by atoms with Gasteiger partial charge in [-0.05, 0) is 158 Å². The third kappa shape index (κ3) is 9.51. The standard InChI is InChI=1S/C48H34O4/c1-35-6-3-8-45(32-35)49-41-24-16-37(17-25-41)12-14-39-20-28-43(29-21-39)51-47-10-5-11-48(34-47)52-44-30-22-40(23-31-44)15-13-38-18-26-42(27-19-38)50-46-9-4-7-36(2)33-46/h3-11,16-34H,1-2H3. The molecule has 0 unspecified atom stereocenters. The van der Waals surface area contributed by atoms with E-state index in [0.717, 1.165) is 56.4 Å². The second-order valence-electron chi connectivity index (χ2n) is 12.1. The summed E-state index contributed by atoms with van der Waals surface area (Å²) >= 11 is 0. The summed E-state index contributed by atoms with van der Waals surface area (Å²) in [5.74, 6) is 18.8. The van der Waals surface area contributed by atoms with Crippen LogP contribution in [0.5, 0.6) is 46.0 Å². The maximum atomic E-state index is 6.11. The van der Waals surface area contributed by atoms with Gasteiger partial charge < -0.3 is 18.9 Å².